The van der Waals surface area contributed by atoms with Crippen LogP contribution in [-0.4, -0.2) is 34.5 Å². The summed E-state index contributed by atoms with van der Waals surface area (Å²) in [5.74, 6) is 0. The van der Waals surface area contributed by atoms with E-state index < -0.39 is 11.5 Å². The van der Waals surface area contributed by atoms with Crippen molar-refractivity contribution >= 4 is 40.6 Å². The highest BCUT2D eigenvalue weighted by Crippen LogP contribution is 2.35. The maximum Gasteiger partial charge on any atom is 0.342 e. The number of carbonyl (C=O) groups excluding carboxylic acids is 1. The predicted molar refractivity (Wildman–Crippen MR) is 105 cm³/mol. The lowest BCUT2D eigenvalue weighted by Crippen LogP contribution is -2.42. The summed E-state index contributed by atoms with van der Waals surface area (Å²) >= 11 is 11.8. The number of nitrogens with zero attached hydrogens (tertiary/aromatic N) is 2. The van der Waals surface area contributed by atoms with Crippen LogP contribution >= 0.6 is 23.2 Å². The Morgan fingerprint density at radius 3 is 2.23 bits per heavy atom. The molecule has 2 amide bonds. The number of urea groups is 1. The van der Waals surface area contributed by atoms with E-state index >= 15 is 0 Å². The zero-order chi connectivity index (χ0) is 18.9. The first kappa shape index (κ1) is 18.7. The molecule has 2 unspecified atom stereocenters. The van der Waals surface area contributed by atoms with Gasteiger partial charge in [-0.05, 0) is 55.8 Å². The molecular formula is C19H19Cl2N3O2. The number of hydrazone groups is 1. The molecule has 0 aromatic heterocycles. The minimum absolute atomic E-state index is 0.266. The third-order valence-electron chi connectivity index (χ3n) is 4.61. The van der Waals surface area contributed by atoms with Crippen LogP contribution in [0.15, 0.2) is 53.6 Å². The topological polar surface area (TPSA) is 64.9 Å². The highest BCUT2D eigenvalue weighted by molar-refractivity contribution is 6.31. The molecule has 0 saturated carbocycles. The number of nitrogens with one attached hydrogen (secondary N) is 1. The van der Waals surface area contributed by atoms with Gasteiger partial charge in [0.25, 0.3) is 0 Å². The van der Waals surface area contributed by atoms with Crippen LogP contribution in [0.25, 0.3) is 0 Å². The zero-order valence-electron chi connectivity index (χ0n) is 14.4. The predicted octanol–water partition coefficient (Wildman–Crippen LogP) is 4.63. The standard InChI is InChI=1S/C19H19Cl2N3O2/c1-12(25)19(2)11-24(18(26)22-16-9-7-15(21)8-10-16)23-17(19)13-3-5-14(20)6-4-13/h3-10,12,25H,11H2,1-2H3,(H,22,26). The minimum Gasteiger partial charge on any atom is -0.392 e. The van der Waals surface area contributed by atoms with Crippen LogP contribution in [0.2, 0.25) is 10.0 Å². The Labute approximate surface area is 162 Å². The number of halogens is 2. The molecule has 1 aliphatic heterocycles. The number of amides is 2. The van der Waals surface area contributed by atoms with Crippen molar-refractivity contribution in [2.45, 2.75) is 20.0 Å². The van der Waals surface area contributed by atoms with Gasteiger partial charge in [0, 0.05) is 15.7 Å². The van der Waals surface area contributed by atoms with Crippen molar-refractivity contribution in [1.29, 1.82) is 0 Å². The maximum atomic E-state index is 12.6. The Bertz CT molecular complexity index is 835. The van der Waals surface area contributed by atoms with Crippen molar-refractivity contribution in [2.75, 3.05) is 11.9 Å². The second-order valence-corrected chi connectivity index (χ2v) is 7.42. The van der Waals surface area contributed by atoms with Crippen molar-refractivity contribution in [3.05, 3.63) is 64.1 Å². The van der Waals surface area contributed by atoms with Crippen LogP contribution in [0, 0.1) is 5.41 Å². The van der Waals surface area contributed by atoms with E-state index in [9.17, 15) is 9.90 Å². The summed E-state index contributed by atoms with van der Waals surface area (Å²) in [5, 5.41) is 20.2. The minimum atomic E-state index is -0.690. The lowest BCUT2D eigenvalue weighted by molar-refractivity contribution is 0.0916. The summed E-state index contributed by atoms with van der Waals surface area (Å²) in [6, 6.07) is 13.7. The van der Waals surface area contributed by atoms with Crippen LogP contribution in [-0.2, 0) is 0 Å². The third kappa shape index (κ3) is 3.70. The summed E-state index contributed by atoms with van der Waals surface area (Å²) in [6.45, 7) is 3.86. The van der Waals surface area contributed by atoms with Gasteiger partial charge in [-0.25, -0.2) is 9.80 Å². The molecule has 0 spiro atoms. The number of rotatable bonds is 3. The van der Waals surface area contributed by atoms with Gasteiger partial charge < -0.3 is 10.4 Å². The van der Waals surface area contributed by atoms with Crippen molar-refractivity contribution in [1.82, 2.24) is 5.01 Å². The number of hydrogen-bond donors (Lipinski definition) is 2. The Balaban J connectivity index is 1.87. The molecule has 2 aromatic carbocycles. The summed E-state index contributed by atoms with van der Waals surface area (Å²) in [4.78, 5) is 12.6. The number of benzene rings is 2. The van der Waals surface area contributed by atoms with E-state index in [4.69, 9.17) is 23.2 Å². The molecule has 0 fully saturated rings. The molecule has 7 heteroatoms. The Kier molecular flexibility index (Phi) is 5.23. The second kappa shape index (κ2) is 7.27. The van der Waals surface area contributed by atoms with Crippen molar-refractivity contribution in [3.63, 3.8) is 0 Å². The molecule has 2 atom stereocenters. The lowest BCUT2D eigenvalue weighted by atomic mass is 9.78. The largest absolute Gasteiger partial charge is 0.392 e. The van der Waals surface area contributed by atoms with Crippen molar-refractivity contribution in [3.8, 4) is 0 Å². The van der Waals surface area contributed by atoms with Crippen molar-refractivity contribution in [2.24, 2.45) is 10.5 Å². The highest BCUT2D eigenvalue weighted by Gasteiger charge is 2.44. The molecule has 0 saturated heterocycles. The molecule has 136 valence electrons. The summed E-state index contributed by atoms with van der Waals surface area (Å²) in [5.41, 5.74) is 1.40. The van der Waals surface area contributed by atoms with Gasteiger partial charge in [-0.15, -0.1) is 0 Å². The molecule has 26 heavy (non-hydrogen) atoms. The van der Waals surface area contributed by atoms with E-state index in [0.29, 0.717) is 21.4 Å². The fraction of sp³-hybridized carbons (Fsp3) is 0.263. The fourth-order valence-corrected chi connectivity index (χ4v) is 3.07. The number of carbonyl (C=O) groups is 1. The van der Waals surface area contributed by atoms with Crippen LogP contribution in [0.4, 0.5) is 10.5 Å². The van der Waals surface area contributed by atoms with E-state index in [1.54, 1.807) is 43.3 Å². The summed E-state index contributed by atoms with van der Waals surface area (Å²) in [7, 11) is 0. The van der Waals surface area contributed by atoms with E-state index in [0.717, 1.165) is 5.56 Å². The fourth-order valence-electron chi connectivity index (χ4n) is 2.82. The number of aliphatic hydroxyl groups excluding tert-OH is 1. The van der Waals surface area contributed by atoms with E-state index in [1.165, 1.54) is 5.01 Å². The molecule has 0 bridgehead atoms. The van der Waals surface area contributed by atoms with Gasteiger partial charge in [0.05, 0.1) is 23.8 Å². The van der Waals surface area contributed by atoms with Crippen LogP contribution < -0.4 is 5.32 Å². The molecule has 1 heterocycles. The second-order valence-electron chi connectivity index (χ2n) is 6.54. The Morgan fingerprint density at radius 1 is 1.15 bits per heavy atom. The highest BCUT2D eigenvalue weighted by atomic mass is 35.5. The third-order valence-corrected chi connectivity index (χ3v) is 5.11. The molecule has 1 aliphatic rings. The molecule has 2 N–H and O–H groups in total. The quantitative estimate of drug-likeness (QED) is 0.800. The van der Waals surface area contributed by atoms with E-state index in [-0.39, 0.29) is 12.6 Å². The monoisotopic (exact) mass is 391 g/mol. The molecule has 5 nitrogen and oxygen atoms in total. The normalized spacial score (nSPS) is 20.7. The smallest absolute Gasteiger partial charge is 0.342 e. The Morgan fingerprint density at radius 2 is 1.69 bits per heavy atom. The molecule has 3 rings (SSSR count). The number of hydrogen-bond acceptors (Lipinski definition) is 3. The van der Waals surface area contributed by atoms with Crippen molar-refractivity contribution < 1.29 is 9.90 Å². The van der Waals surface area contributed by atoms with Gasteiger partial charge in [0.1, 0.15) is 0 Å². The SMILES string of the molecule is CC(O)C1(C)CN(C(=O)Nc2ccc(Cl)cc2)N=C1c1ccc(Cl)cc1. The summed E-state index contributed by atoms with van der Waals surface area (Å²) < 4.78 is 0. The lowest BCUT2D eigenvalue weighted by Gasteiger charge is -2.29. The molecule has 0 aliphatic carbocycles. The first-order valence-electron chi connectivity index (χ1n) is 8.17. The maximum absolute atomic E-state index is 12.6. The molecular weight excluding hydrogens is 373 g/mol. The Hall–Kier alpha value is -2.08. The number of anilines is 1. The van der Waals surface area contributed by atoms with E-state index in [2.05, 4.69) is 10.4 Å². The van der Waals surface area contributed by atoms with Crippen LogP contribution in [0.3, 0.4) is 0 Å². The molecule has 0 radical (unpaired) electrons. The number of aliphatic hydroxyl groups is 1. The first-order valence-corrected chi connectivity index (χ1v) is 8.92. The van der Waals surface area contributed by atoms with Gasteiger partial charge in [0.15, 0.2) is 0 Å². The van der Waals surface area contributed by atoms with Crippen LogP contribution in [0.1, 0.15) is 19.4 Å². The zero-order valence-corrected chi connectivity index (χ0v) is 15.9. The van der Waals surface area contributed by atoms with Gasteiger partial charge in [0.2, 0.25) is 0 Å². The average Bonchev–Trinajstić information content (AvgIpc) is 2.97. The average molecular weight is 392 g/mol. The van der Waals surface area contributed by atoms with E-state index in [1.807, 2.05) is 19.1 Å². The van der Waals surface area contributed by atoms with Gasteiger partial charge in [-0.3, -0.25) is 0 Å². The van der Waals surface area contributed by atoms with Gasteiger partial charge in [-0.2, -0.15) is 5.10 Å². The van der Waals surface area contributed by atoms with Gasteiger partial charge >= 0.3 is 6.03 Å². The first-order chi connectivity index (χ1) is 12.3. The van der Waals surface area contributed by atoms with Gasteiger partial charge in [-0.1, -0.05) is 35.3 Å². The molecule has 2 aromatic rings. The summed E-state index contributed by atoms with van der Waals surface area (Å²) in [6.07, 6.45) is -0.690. The van der Waals surface area contributed by atoms with Crippen LogP contribution in [0.5, 0.6) is 0 Å².